The first-order valence-electron chi connectivity index (χ1n) is 6.36. The van der Waals surface area contributed by atoms with Crippen molar-refractivity contribution in [2.45, 2.75) is 50.4 Å². The Kier molecular flexibility index (Phi) is 3.50. The number of aliphatic hydroxyl groups is 1. The van der Waals surface area contributed by atoms with Crippen molar-refractivity contribution in [3.05, 3.63) is 30.3 Å². The molecule has 0 radical (unpaired) electrons. The topological polar surface area (TPSA) is 20.2 Å². The molecule has 88 valence electrons. The molecule has 1 aliphatic rings. The van der Waals surface area contributed by atoms with Crippen molar-refractivity contribution < 1.29 is 5.11 Å². The van der Waals surface area contributed by atoms with Crippen molar-refractivity contribution in [2.75, 3.05) is 0 Å². The maximum Gasteiger partial charge on any atom is 0.0862 e. The first kappa shape index (κ1) is 11.9. The summed E-state index contributed by atoms with van der Waals surface area (Å²) in [5, 5.41) is 11.7. The zero-order chi connectivity index (χ0) is 11.6. The summed E-state index contributed by atoms with van der Waals surface area (Å²) in [5.74, 6) is 0. The Hall–Kier alpha value is -0.603. The summed E-state index contributed by atoms with van der Waals surface area (Å²) in [6.45, 7) is 4.81. The fraction of sp³-hybridized carbons (Fsp3) is 0.571. The van der Waals surface area contributed by atoms with Gasteiger partial charge in [0.05, 0.1) is 14.2 Å². The van der Waals surface area contributed by atoms with Gasteiger partial charge in [0.15, 0.2) is 0 Å². The number of hydrogen-bond donors (Lipinski definition) is 1. The van der Waals surface area contributed by atoms with E-state index < -0.39 is 8.07 Å². The molecule has 1 N–H and O–H groups in total. The summed E-state index contributed by atoms with van der Waals surface area (Å²) in [4.78, 5) is 0. The molecule has 0 aliphatic heterocycles. The summed E-state index contributed by atoms with van der Waals surface area (Å²) < 4.78 is 0. The highest BCUT2D eigenvalue weighted by Gasteiger charge is 2.39. The zero-order valence-corrected chi connectivity index (χ0v) is 11.3. The lowest BCUT2D eigenvalue weighted by Gasteiger charge is -2.39. The maximum absolute atomic E-state index is 10.2. The van der Waals surface area contributed by atoms with Crippen LogP contribution in [-0.2, 0) is 0 Å². The molecule has 16 heavy (non-hydrogen) atoms. The Morgan fingerprint density at radius 3 is 2.31 bits per heavy atom. The molecule has 0 spiro atoms. The fourth-order valence-corrected chi connectivity index (χ4v) is 6.57. The molecule has 1 saturated carbocycles. The van der Waals surface area contributed by atoms with Crippen molar-refractivity contribution in [3.63, 3.8) is 0 Å². The predicted molar refractivity (Wildman–Crippen MR) is 71.8 cm³/mol. The maximum atomic E-state index is 10.2. The van der Waals surface area contributed by atoms with Gasteiger partial charge in [0, 0.05) is 0 Å². The van der Waals surface area contributed by atoms with Crippen molar-refractivity contribution in [3.8, 4) is 0 Å². The molecule has 0 amide bonds. The quantitative estimate of drug-likeness (QED) is 0.780. The summed E-state index contributed by atoms with van der Waals surface area (Å²) in [5.41, 5.74) is 0.545. The lowest BCUT2D eigenvalue weighted by molar-refractivity contribution is 0.128. The van der Waals surface area contributed by atoms with Gasteiger partial charge in [-0.3, -0.25) is 0 Å². The van der Waals surface area contributed by atoms with Crippen LogP contribution >= 0.6 is 0 Å². The van der Waals surface area contributed by atoms with Crippen LogP contribution in [0.15, 0.2) is 30.3 Å². The third kappa shape index (κ3) is 2.23. The molecule has 1 aromatic rings. The second-order valence-corrected chi connectivity index (χ2v) is 10.3. The molecule has 2 heteroatoms. The summed E-state index contributed by atoms with van der Waals surface area (Å²) in [7, 11) is -1.49. The third-order valence-corrected chi connectivity index (χ3v) is 8.52. The van der Waals surface area contributed by atoms with Gasteiger partial charge in [-0.2, -0.15) is 0 Å². The Bertz CT molecular complexity index is 334. The molecule has 0 bridgehead atoms. The summed E-state index contributed by atoms with van der Waals surface area (Å²) >= 11 is 0. The average molecular weight is 234 g/mol. The second kappa shape index (κ2) is 4.72. The van der Waals surface area contributed by atoms with Crippen molar-refractivity contribution >= 4 is 13.3 Å². The highest BCUT2D eigenvalue weighted by atomic mass is 28.3. The number of hydrogen-bond acceptors (Lipinski definition) is 1. The van der Waals surface area contributed by atoms with Crippen LogP contribution in [0.2, 0.25) is 18.6 Å². The molecular weight excluding hydrogens is 212 g/mol. The number of rotatable bonds is 2. The summed E-state index contributed by atoms with van der Waals surface area (Å²) in [6.07, 6.45) is 4.67. The van der Waals surface area contributed by atoms with Gasteiger partial charge >= 0.3 is 0 Å². The van der Waals surface area contributed by atoms with Gasteiger partial charge in [-0.1, -0.05) is 67.9 Å². The van der Waals surface area contributed by atoms with E-state index in [-0.39, 0.29) is 6.10 Å². The Balaban J connectivity index is 2.23. The van der Waals surface area contributed by atoms with Crippen LogP contribution in [0.3, 0.4) is 0 Å². The molecule has 1 nitrogen and oxygen atoms in total. The normalized spacial score (nSPS) is 26.7. The van der Waals surface area contributed by atoms with Crippen LogP contribution in [0.25, 0.3) is 0 Å². The zero-order valence-electron chi connectivity index (χ0n) is 10.3. The molecular formula is C14H22OSi. The molecule has 2 unspecified atom stereocenters. The number of aliphatic hydroxyl groups excluding tert-OH is 1. The van der Waals surface area contributed by atoms with E-state index in [2.05, 4.69) is 43.4 Å². The third-order valence-electron chi connectivity index (χ3n) is 4.17. The van der Waals surface area contributed by atoms with E-state index in [9.17, 15) is 5.11 Å². The van der Waals surface area contributed by atoms with Gasteiger partial charge in [-0.25, -0.2) is 0 Å². The van der Waals surface area contributed by atoms with Gasteiger partial charge < -0.3 is 5.11 Å². The van der Waals surface area contributed by atoms with E-state index in [0.717, 1.165) is 6.42 Å². The minimum atomic E-state index is -1.49. The van der Waals surface area contributed by atoms with E-state index >= 15 is 0 Å². The highest BCUT2D eigenvalue weighted by molar-refractivity contribution is 6.91. The molecule has 0 aromatic heterocycles. The van der Waals surface area contributed by atoms with Crippen LogP contribution in [0, 0.1) is 0 Å². The Morgan fingerprint density at radius 1 is 1.06 bits per heavy atom. The summed E-state index contributed by atoms with van der Waals surface area (Å²) in [6, 6.07) is 10.8. The van der Waals surface area contributed by atoms with Gasteiger partial charge in [0.1, 0.15) is 0 Å². The van der Waals surface area contributed by atoms with Crippen LogP contribution in [0.5, 0.6) is 0 Å². The average Bonchev–Trinajstić information content (AvgIpc) is 2.30. The standard InChI is InChI=1S/C14H22OSi/c1-16(2,12-8-4-3-5-9-12)14-11-7-6-10-13(14)15/h3-5,8-9,13-15H,6-7,10-11H2,1-2H3. The van der Waals surface area contributed by atoms with E-state index in [1.54, 1.807) is 0 Å². The van der Waals surface area contributed by atoms with Crippen LogP contribution in [0.1, 0.15) is 25.7 Å². The van der Waals surface area contributed by atoms with E-state index in [0.29, 0.717) is 5.54 Å². The Morgan fingerprint density at radius 2 is 1.69 bits per heavy atom. The molecule has 0 heterocycles. The van der Waals surface area contributed by atoms with E-state index in [1.807, 2.05) is 0 Å². The molecule has 1 aliphatic carbocycles. The van der Waals surface area contributed by atoms with Gasteiger partial charge in [0.2, 0.25) is 0 Å². The molecule has 1 fully saturated rings. The lowest BCUT2D eigenvalue weighted by atomic mass is 9.97. The largest absolute Gasteiger partial charge is 0.393 e. The molecule has 2 atom stereocenters. The monoisotopic (exact) mass is 234 g/mol. The molecule has 1 aromatic carbocycles. The van der Waals surface area contributed by atoms with Crippen LogP contribution in [0.4, 0.5) is 0 Å². The number of benzene rings is 1. The predicted octanol–water partition coefficient (Wildman–Crippen LogP) is 2.91. The first-order chi connectivity index (χ1) is 7.62. The van der Waals surface area contributed by atoms with Crippen molar-refractivity contribution in [1.29, 1.82) is 0 Å². The smallest absolute Gasteiger partial charge is 0.0862 e. The minimum Gasteiger partial charge on any atom is -0.393 e. The van der Waals surface area contributed by atoms with Gasteiger partial charge in [0.25, 0.3) is 0 Å². The lowest BCUT2D eigenvalue weighted by Crippen LogP contribution is -2.50. The van der Waals surface area contributed by atoms with Crippen LogP contribution in [-0.4, -0.2) is 19.3 Å². The second-order valence-electron chi connectivity index (χ2n) is 5.55. The van der Waals surface area contributed by atoms with E-state index in [4.69, 9.17) is 0 Å². The minimum absolute atomic E-state index is 0.0596. The SMILES string of the molecule is C[Si](C)(c1ccccc1)C1CCCCC1O. The van der Waals surface area contributed by atoms with E-state index in [1.165, 1.54) is 24.4 Å². The fourth-order valence-electron chi connectivity index (χ4n) is 3.03. The van der Waals surface area contributed by atoms with Gasteiger partial charge in [-0.15, -0.1) is 0 Å². The van der Waals surface area contributed by atoms with Crippen molar-refractivity contribution in [1.82, 2.24) is 0 Å². The van der Waals surface area contributed by atoms with Gasteiger partial charge in [-0.05, 0) is 12.0 Å². The highest BCUT2D eigenvalue weighted by Crippen LogP contribution is 2.36. The van der Waals surface area contributed by atoms with Crippen molar-refractivity contribution in [2.24, 2.45) is 0 Å². The molecule has 2 rings (SSSR count). The Labute approximate surface area is 99.5 Å². The first-order valence-corrected chi connectivity index (χ1v) is 9.43. The molecule has 0 saturated heterocycles. The van der Waals surface area contributed by atoms with Crippen LogP contribution < -0.4 is 5.19 Å².